The van der Waals surface area contributed by atoms with Gasteiger partial charge in [0.15, 0.2) is 0 Å². The largest absolute Gasteiger partial charge is 0.497 e. The van der Waals surface area contributed by atoms with E-state index in [2.05, 4.69) is 5.32 Å². The summed E-state index contributed by atoms with van der Waals surface area (Å²) in [6.07, 6.45) is 1.11. The van der Waals surface area contributed by atoms with E-state index < -0.39 is 21.3 Å². The van der Waals surface area contributed by atoms with Crippen molar-refractivity contribution in [2.45, 2.75) is 0 Å². The van der Waals surface area contributed by atoms with Gasteiger partial charge in [0.05, 0.1) is 44.3 Å². The van der Waals surface area contributed by atoms with Crippen LogP contribution in [0, 0.1) is 31.6 Å². The van der Waals surface area contributed by atoms with E-state index in [1.165, 1.54) is 37.4 Å². The Hall–Kier alpha value is -4.40. The van der Waals surface area contributed by atoms with E-state index in [1.54, 1.807) is 6.07 Å². The summed E-state index contributed by atoms with van der Waals surface area (Å²) in [5, 5.41) is 33.6. The fraction of sp³-hybridized carbons (Fsp3) is 0.0476. The number of methoxy groups -OCH3 is 1. The molecule has 34 heavy (non-hydrogen) atoms. The molecule has 13 heteroatoms. The van der Waals surface area contributed by atoms with E-state index in [4.69, 9.17) is 32.4 Å². The molecule has 0 aliphatic heterocycles. The lowest BCUT2D eigenvalue weighted by Crippen LogP contribution is -2.14. The fourth-order valence-electron chi connectivity index (χ4n) is 2.83. The second-order valence-electron chi connectivity index (χ2n) is 6.51. The van der Waals surface area contributed by atoms with E-state index in [9.17, 15) is 30.3 Å². The SMILES string of the molecule is COc1ccc(-c2ccc(/C=C(\C#N)C(=O)Nc3c(Cl)cc([N+](=O)[O-])cc3Cl)o2)c([N+](=O)[O-])c1. The van der Waals surface area contributed by atoms with Crippen LogP contribution in [0.5, 0.6) is 5.75 Å². The Labute approximate surface area is 201 Å². The summed E-state index contributed by atoms with van der Waals surface area (Å²) in [6.45, 7) is 0. The molecule has 0 bridgehead atoms. The summed E-state index contributed by atoms with van der Waals surface area (Å²) in [6, 6.07) is 10.8. The average molecular weight is 503 g/mol. The summed E-state index contributed by atoms with van der Waals surface area (Å²) in [5.74, 6) is -0.435. The molecule has 1 N–H and O–H groups in total. The number of hydrogen-bond donors (Lipinski definition) is 1. The van der Waals surface area contributed by atoms with Gasteiger partial charge < -0.3 is 14.5 Å². The van der Waals surface area contributed by atoms with Crippen LogP contribution in [0.1, 0.15) is 5.76 Å². The minimum atomic E-state index is -0.909. The predicted molar refractivity (Wildman–Crippen MR) is 123 cm³/mol. The lowest BCUT2D eigenvalue weighted by molar-refractivity contribution is -0.384. The zero-order valence-electron chi connectivity index (χ0n) is 17.1. The second kappa shape index (κ2) is 10.0. The number of amides is 1. The maximum Gasteiger partial charge on any atom is 0.284 e. The first-order valence-corrected chi connectivity index (χ1v) is 9.89. The van der Waals surface area contributed by atoms with E-state index in [0.717, 1.165) is 18.2 Å². The molecule has 0 radical (unpaired) electrons. The van der Waals surface area contributed by atoms with Gasteiger partial charge in [-0.2, -0.15) is 5.26 Å². The molecule has 0 spiro atoms. The van der Waals surface area contributed by atoms with Crippen LogP contribution in [0.25, 0.3) is 17.4 Å². The van der Waals surface area contributed by atoms with Gasteiger partial charge >= 0.3 is 0 Å². The highest BCUT2D eigenvalue weighted by molar-refractivity contribution is 6.40. The molecular formula is C21H12Cl2N4O7. The number of furan rings is 1. The number of non-ortho nitro benzene ring substituents is 1. The molecule has 0 aliphatic carbocycles. The van der Waals surface area contributed by atoms with Crippen molar-refractivity contribution in [3.63, 3.8) is 0 Å². The topological polar surface area (TPSA) is 162 Å². The quantitative estimate of drug-likeness (QED) is 0.188. The van der Waals surface area contributed by atoms with Gasteiger partial charge in [-0.15, -0.1) is 0 Å². The van der Waals surface area contributed by atoms with Crippen molar-refractivity contribution >= 4 is 52.2 Å². The van der Waals surface area contributed by atoms with Gasteiger partial charge in [-0.05, 0) is 24.3 Å². The molecule has 0 saturated heterocycles. The van der Waals surface area contributed by atoms with Crippen LogP contribution in [0.2, 0.25) is 10.0 Å². The van der Waals surface area contributed by atoms with Gasteiger partial charge in [-0.1, -0.05) is 23.2 Å². The molecule has 2 aromatic carbocycles. The molecule has 11 nitrogen and oxygen atoms in total. The molecule has 0 unspecified atom stereocenters. The predicted octanol–water partition coefficient (Wildman–Crippen LogP) is 5.62. The number of ether oxygens (including phenoxy) is 1. The number of nitro groups is 2. The third-order valence-electron chi connectivity index (χ3n) is 4.42. The van der Waals surface area contributed by atoms with E-state index in [1.807, 2.05) is 0 Å². The van der Waals surface area contributed by atoms with Crippen molar-refractivity contribution in [1.29, 1.82) is 5.26 Å². The standard InChI is InChI=1S/C21H12Cl2N4O7/c1-33-13-2-4-15(18(9-13)27(31)32)19-5-3-14(34-19)6-11(10-24)21(28)25-20-16(22)7-12(26(29)30)8-17(20)23/h2-9H,1H3,(H,25,28)/b11-6+. The van der Waals surface area contributed by atoms with Crippen molar-refractivity contribution in [3.05, 3.63) is 84.1 Å². The van der Waals surface area contributed by atoms with Crippen LogP contribution >= 0.6 is 23.2 Å². The van der Waals surface area contributed by atoms with E-state index in [-0.39, 0.29) is 49.9 Å². The number of carbonyl (C=O) groups is 1. The Balaban J connectivity index is 1.90. The first kappa shape index (κ1) is 24.2. The zero-order chi connectivity index (χ0) is 25.0. The lowest BCUT2D eigenvalue weighted by Gasteiger charge is -2.08. The molecule has 172 valence electrons. The highest BCUT2D eigenvalue weighted by Gasteiger charge is 2.21. The summed E-state index contributed by atoms with van der Waals surface area (Å²) >= 11 is 12.0. The first-order valence-electron chi connectivity index (χ1n) is 9.13. The van der Waals surface area contributed by atoms with Crippen LogP contribution in [0.4, 0.5) is 17.1 Å². The highest BCUT2D eigenvalue weighted by atomic mass is 35.5. The maximum atomic E-state index is 12.6. The summed E-state index contributed by atoms with van der Waals surface area (Å²) in [4.78, 5) is 33.6. The Bertz CT molecular complexity index is 1370. The number of nitriles is 1. The molecule has 0 fully saturated rings. The number of nitrogens with one attached hydrogen (secondary N) is 1. The molecule has 3 rings (SSSR count). The van der Waals surface area contributed by atoms with Crippen molar-refractivity contribution in [2.75, 3.05) is 12.4 Å². The Morgan fingerprint density at radius 1 is 1.12 bits per heavy atom. The Morgan fingerprint density at radius 3 is 2.35 bits per heavy atom. The van der Waals surface area contributed by atoms with Crippen molar-refractivity contribution in [1.82, 2.24) is 0 Å². The number of nitro benzene ring substituents is 2. The van der Waals surface area contributed by atoms with Crippen LogP contribution in [0.15, 0.2) is 52.5 Å². The molecule has 1 amide bonds. The number of anilines is 1. The van der Waals surface area contributed by atoms with Gasteiger partial charge in [0.2, 0.25) is 0 Å². The average Bonchev–Trinajstić information content (AvgIpc) is 3.27. The second-order valence-corrected chi connectivity index (χ2v) is 7.32. The Kier molecular flexibility index (Phi) is 7.15. The van der Waals surface area contributed by atoms with Gasteiger partial charge in [0.25, 0.3) is 17.3 Å². The van der Waals surface area contributed by atoms with Crippen LogP contribution in [0.3, 0.4) is 0 Å². The highest BCUT2D eigenvalue weighted by Crippen LogP contribution is 2.36. The van der Waals surface area contributed by atoms with Gasteiger partial charge in [-0.3, -0.25) is 25.0 Å². The summed E-state index contributed by atoms with van der Waals surface area (Å²) < 4.78 is 10.6. The zero-order valence-corrected chi connectivity index (χ0v) is 18.6. The number of hydrogen-bond acceptors (Lipinski definition) is 8. The van der Waals surface area contributed by atoms with Crippen molar-refractivity contribution < 1.29 is 23.8 Å². The number of halogens is 2. The number of rotatable bonds is 7. The molecule has 1 heterocycles. The normalized spacial score (nSPS) is 10.9. The molecule has 0 aliphatic rings. The van der Waals surface area contributed by atoms with Crippen molar-refractivity contribution in [2.24, 2.45) is 0 Å². The smallest absolute Gasteiger partial charge is 0.284 e. The summed E-state index contributed by atoms with van der Waals surface area (Å²) in [5.41, 5.74) is -0.993. The Morgan fingerprint density at radius 2 is 1.79 bits per heavy atom. The van der Waals surface area contributed by atoms with Crippen LogP contribution in [-0.4, -0.2) is 22.9 Å². The lowest BCUT2D eigenvalue weighted by atomic mass is 10.1. The summed E-state index contributed by atoms with van der Waals surface area (Å²) in [7, 11) is 1.38. The molecule has 0 saturated carbocycles. The number of carbonyl (C=O) groups excluding carboxylic acids is 1. The van der Waals surface area contributed by atoms with Gasteiger partial charge in [0.1, 0.15) is 28.9 Å². The number of nitrogens with zero attached hydrogens (tertiary/aromatic N) is 3. The minimum absolute atomic E-state index is 0.0627. The minimum Gasteiger partial charge on any atom is -0.497 e. The van der Waals surface area contributed by atoms with Crippen LogP contribution in [-0.2, 0) is 4.79 Å². The molecule has 3 aromatic rings. The molecular weight excluding hydrogens is 491 g/mol. The fourth-order valence-corrected chi connectivity index (χ4v) is 3.40. The third-order valence-corrected chi connectivity index (χ3v) is 5.02. The monoisotopic (exact) mass is 502 g/mol. The van der Waals surface area contributed by atoms with E-state index >= 15 is 0 Å². The first-order chi connectivity index (χ1) is 16.1. The van der Waals surface area contributed by atoms with Gasteiger partial charge in [-0.25, -0.2) is 0 Å². The van der Waals surface area contributed by atoms with E-state index in [0.29, 0.717) is 0 Å². The number of benzene rings is 2. The molecule has 0 atom stereocenters. The van der Waals surface area contributed by atoms with Crippen LogP contribution < -0.4 is 10.1 Å². The molecule has 1 aromatic heterocycles. The maximum absolute atomic E-state index is 12.6. The third kappa shape index (κ3) is 5.15. The van der Waals surface area contributed by atoms with Gasteiger partial charge in [0, 0.05) is 18.2 Å². The van der Waals surface area contributed by atoms with Crippen molar-refractivity contribution in [3.8, 4) is 23.1 Å².